The van der Waals surface area contributed by atoms with E-state index in [4.69, 9.17) is 0 Å². The molecule has 5 heteroatoms. The summed E-state index contributed by atoms with van der Waals surface area (Å²) in [5.41, 5.74) is 1.66. The third kappa shape index (κ3) is 7.76. The molecule has 0 amide bonds. The van der Waals surface area contributed by atoms with E-state index in [1.165, 1.54) is 75.8 Å². The van der Waals surface area contributed by atoms with E-state index in [-0.39, 0.29) is 11.1 Å². The standard InChI is InChI=1S/C33H36F4O/c1-2-3-4-5-6-23-7-9-24(10-8-23)11-12-25-14-19-29-28(21-25)18-17-27(32(29)35)16-13-26-15-20-31(30(34)22-26)38-33(36)37/h14-15,17-24,33H,2-12H2,1H3. The predicted octanol–water partition coefficient (Wildman–Crippen LogP) is 9.83. The third-order valence-electron chi connectivity index (χ3n) is 7.78. The molecule has 0 saturated heterocycles. The molecule has 0 unspecified atom stereocenters. The molecular formula is C33H36F4O. The predicted molar refractivity (Wildman–Crippen MR) is 145 cm³/mol. The molecule has 3 aromatic carbocycles. The maximum atomic E-state index is 15.2. The minimum Gasteiger partial charge on any atom is -0.432 e. The molecule has 0 spiro atoms. The minimum atomic E-state index is -3.11. The summed E-state index contributed by atoms with van der Waals surface area (Å²) in [7, 11) is 0. The molecule has 0 heterocycles. The van der Waals surface area contributed by atoms with Crippen LogP contribution in [0.15, 0.2) is 48.5 Å². The Balaban J connectivity index is 1.34. The zero-order chi connectivity index (χ0) is 26.9. The van der Waals surface area contributed by atoms with Crippen molar-refractivity contribution in [3.8, 4) is 17.6 Å². The van der Waals surface area contributed by atoms with Gasteiger partial charge in [0.2, 0.25) is 0 Å². The van der Waals surface area contributed by atoms with Gasteiger partial charge in [-0.2, -0.15) is 8.78 Å². The SMILES string of the molecule is CCCCCCC1CCC(CCc2ccc3c(F)c(C#Cc4ccc(OC(F)F)c(F)c4)ccc3c2)CC1. The average Bonchev–Trinajstić information content (AvgIpc) is 2.91. The van der Waals surface area contributed by atoms with Gasteiger partial charge in [-0.15, -0.1) is 0 Å². The smallest absolute Gasteiger partial charge is 0.387 e. The molecule has 0 atom stereocenters. The van der Waals surface area contributed by atoms with Gasteiger partial charge >= 0.3 is 6.61 Å². The lowest BCUT2D eigenvalue weighted by Crippen LogP contribution is -2.15. The molecule has 4 rings (SSSR count). The van der Waals surface area contributed by atoms with Gasteiger partial charge in [0.15, 0.2) is 11.6 Å². The van der Waals surface area contributed by atoms with Gasteiger partial charge in [0.1, 0.15) is 5.82 Å². The number of unbranched alkanes of at least 4 members (excludes halogenated alkanes) is 3. The number of halogens is 4. The van der Waals surface area contributed by atoms with Crippen molar-refractivity contribution in [3.05, 3.63) is 76.9 Å². The molecule has 1 aliphatic rings. The van der Waals surface area contributed by atoms with Crippen LogP contribution in [-0.4, -0.2) is 6.61 Å². The quantitative estimate of drug-likeness (QED) is 0.146. The van der Waals surface area contributed by atoms with Crippen LogP contribution in [-0.2, 0) is 6.42 Å². The average molecular weight is 525 g/mol. The van der Waals surface area contributed by atoms with Crippen LogP contribution < -0.4 is 4.74 Å². The van der Waals surface area contributed by atoms with Crippen molar-refractivity contribution in [2.75, 3.05) is 0 Å². The Labute approximate surface area is 223 Å². The van der Waals surface area contributed by atoms with Gasteiger partial charge < -0.3 is 4.74 Å². The Morgan fingerprint density at radius 3 is 2.32 bits per heavy atom. The Bertz CT molecular complexity index is 1270. The van der Waals surface area contributed by atoms with Crippen LogP contribution in [0.2, 0.25) is 0 Å². The number of rotatable bonds is 10. The number of hydrogen-bond donors (Lipinski definition) is 0. The van der Waals surface area contributed by atoms with Gasteiger partial charge in [-0.3, -0.25) is 0 Å². The maximum Gasteiger partial charge on any atom is 0.387 e. The molecule has 0 aromatic heterocycles. The fourth-order valence-corrected chi connectivity index (χ4v) is 5.54. The number of alkyl halides is 2. The largest absolute Gasteiger partial charge is 0.432 e. The molecule has 38 heavy (non-hydrogen) atoms. The molecule has 0 bridgehead atoms. The summed E-state index contributed by atoms with van der Waals surface area (Å²) in [5, 5.41) is 1.33. The fourth-order valence-electron chi connectivity index (χ4n) is 5.54. The van der Waals surface area contributed by atoms with E-state index in [0.717, 1.165) is 35.8 Å². The Morgan fingerprint density at radius 2 is 1.61 bits per heavy atom. The summed E-state index contributed by atoms with van der Waals surface area (Å²) in [6.07, 6.45) is 14.4. The molecule has 1 fully saturated rings. The van der Waals surface area contributed by atoms with Crippen LogP contribution in [0.3, 0.4) is 0 Å². The van der Waals surface area contributed by atoms with Crippen LogP contribution in [0.4, 0.5) is 17.6 Å². The highest BCUT2D eigenvalue weighted by atomic mass is 19.3. The van der Waals surface area contributed by atoms with Crippen LogP contribution in [0.1, 0.15) is 87.8 Å². The maximum absolute atomic E-state index is 15.2. The van der Waals surface area contributed by atoms with E-state index in [9.17, 15) is 13.2 Å². The topological polar surface area (TPSA) is 9.23 Å². The van der Waals surface area contributed by atoms with E-state index in [1.54, 1.807) is 6.07 Å². The Morgan fingerprint density at radius 1 is 0.842 bits per heavy atom. The van der Waals surface area contributed by atoms with Crippen molar-refractivity contribution < 1.29 is 22.3 Å². The second kappa shape index (κ2) is 13.7. The lowest BCUT2D eigenvalue weighted by Gasteiger charge is -2.28. The normalized spacial score (nSPS) is 17.4. The van der Waals surface area contributed by atoms with E-state index in [0.29, 0.717) is 5.39 Å². The zero-order valence-corrected chi connectivity index (χ0v) is 22.0. The molecule has 0 aliphatic heterocycles. The molecule has 1 saturated carbocycles. The van der Waals surface area contributed by atoms with Gasteiger partial charge in [-0.05, 0) is 59.9 Å². The molecule has 0 radical (unpaired) electrons. The summed E-state index contributed by atoms with van der Waals surface area (Å²) >= 11 is 0. The highest BCUT2D eigenvalue weighted by Crippen LogP contribution is 2.34. The van der Waals surface area contributed by atoms with E-state index >= 15 is 4.39 Å². The van der Waals surface area contributed by atoms with Crippen LogP contribution in [0.5, 0.6) is 5.75 Å². The first-order chi connectivity index (χ1) is 18.4. The van der Waals surface area contributed by atoms with Crippen molar-refractivity contribution in [1.82, 2.24) is 0 Å². The molecule has 0 N–H and O–H groups in total. The number of fused-ring (bicyclic) bond motifs is 1. The molecular weight excluding hydrogens is 488 g/mol. The van der Waals surface area contributed by atoms with Crippen LogP contribution in [0.25, 0.3) is 10.8 Å². The number of aryl methyl sites for hydroxylation is 1. The van der Waals surface area contributed by atoms with Crippen molar-refractivity contribution in [1.29, 1.82) is 0 Å². The van der Waals surface area contributed by atoms with Gasteiger partial charge in [-0.25, -0.2) is 8.78 Å². The summed E-state index contributed by atoms with van der Waals surface area (Å²) < 4.78 is 57.8. The highest BCUT2D eigenvalue weighted by molar-refractivity contribution is 5.85. The van der Waals surface area contributed by atoms with E-state index in [1.807, 2.05) is 18.2 Å². The number of hydrogen-bond acceptors (Lipinski definition) is 1. The van der Waals surface area contributed by atoms with Crippen molar-refractivity contribution in [2.24, 2.45) is 11.8 Å². The Kier molecular flexibility index (Phi) is 10.1. The summed E-state index contributed by atoms with van der Waals surface area (Å²) in [5.74, 6) is 5.22. The second-order valence-electron chi connectivity index (χ2n) is 10.5. The Hall–Kier alpha value is -3.00. The lowest BCUT2D eigenvalue weighted by atomic mass is 9.77. The van der Waals surface area contributed by atoms with Gasteiger partial charge in [-0.1, -0.05) is 101 Å². The summed E-state index contributed by atoms with van der Waals surface area (Å²) in [6.45, 7) is -0.851. The second-order valence-corrected chi connectivity index (χ2v) is 10.5. The van der Waals surface area contributed by atoms with Crippen molar-refractivity contribution >= 4 is 10.8 Å². The number of ether oxygens (including phenoxy) is 1. The monoisotopic (exact) mass is 524 g/mol. The van der Waals surface area contributed by atoms with Gasteiger partial charge in [0.25, 0.3) is 0 Å². The van der Waals surface area contributed by atoms with Crippen molar-refractivity contribution in [3.63, 3.8) is 0 Å². The first-order valence-electron chi connectivity index (χ1n) is 13.9. The third-order valence-corrected chi connectivity index (χ3v) is 7.78. The molecule has 3 aromatic rings. The van der Waals surface area contributed by atoms with Gasteiger partial charge in [0, 0.05) is 10.9 Å². The summed E-state index contributed by atoms with van der Waals surface area (Å²) in [6, 6.07) is 12.8. The van der Waals surface area contributed by atoms with E-state index < -0.39 is 24.0 Å². The fraction of sp³-hybridized carbons (Fsp3) is 0.455. The first kappa shape index (κ1) is 28.0. The van der Waals surface area contributed by atoms with Crippen LogP contribution in [0, 0.1) is 35.3 Å². The van der Waals surface area contributed by atoms with Crippen LogP contribution >= 0.6 is 0 Å². The van der Waals surface area contributed by atoms with E-state index in [2.05, 4.69) is 29.6 Å². The molecule has 202 valence electrons. The number of benzene rings is 3. The molecule has 1 aliphatic carbocycles. The first-order valence-corrected chi connectivity index (χ1v) is 13.9. The highest BCUT2D eigenvalue weighted by Gasteiger charge is 2.20. The lowest BCUT2D eigenvalue weighted by molar-refractivity contribution is -0.0521. The summed E-state index contributed by atoms with van der Waals surface area (Å²) in [4.78, 5) is 0. The van der Waals surface area contributed by atoms with Gasteiger partial charge in [0.05, 0.1) is 5.56 Å². The van der Waals surface area contributed by atoms with Crippen molar-refractivity contribution in [2.45, 2.75) is 84.2 Å². The minimum absolute atomic E-state index is 0.199. The zero-order valence-electron chi connectivity index (χ0n) is 22.0. The molecule has 1 nitrogen and oxygen atoms in total.